The Kier molecular flexibility index (Phi) is 4.63. The van der Waals surface area contributed by atoms with Gasteiger partial charge in [-0.3, -0.25) is 0 Å². The topological polar surface area (TPSA) is 29.3 Å². The summed E-state index contributed by atoms with van der Waals surface area (Å²) in [4.78, 5) is 1.85. The molecule has 0 radical (unpaired) electrons. The monoisotopic (exact) mass is 292 g/mol. The van der Waals surface area contributed by atoms with E-state index in [9.17, 15) is 4.39 Å². The molecule has 0 saturated heterocycles. The maximum atomic E-state index is 13.9. The van der Waals surface area contributed by atoms with E-state index in [4.69, 9.17) is 17.3 Å². The lowest BCUT2D eigenvalue weighted by Crippen LogP contribution is -2.18. The van der Waals surface area contributed by atoms with Crippen molar-refractivity contribution >= 4 is 23.0 Å². The van der Waals surface area contributed by atoms with Gasteiger partial charge in [-0.1, -0.05) is 29.8 Å². The highest BCUT2D eigenvalue weighted by Gasteiger charge is 2.15. The van der Waals surface area contributed by atoms with Crippen LogP contribution in [-0.4, -0.2) is 6.54 Å². The second-order valence-electron chi connectivity index (χ2n) is 4.70. The molecule has 2 N–H and O–H groups in total. The quantitative estimate of drug-likeness (QED) is 0.888. The molecule has 2 aromatic carbocycles. The van der Waals surface area contributed by atoms with Crippen LogP contribution in [0.2, 0.25) is 5.02 Å². The van der Waals surface area contributed by atoms with Crippen molar-refractivity contribution < 1.29 is 4.39 Å². The fourth-order valence-corrected chi connectivity index (χ4v) is 2.46. The van der Waals surface area contributed by atoms with Crippen LogP contribution in [0.1, 0.15) is 25.5 Å². The number of rotatable bonds is 4. The molecule has 106 valence electrons. The van der Waals surface area contributed by atoms with Crippen LogP contribution in [0.25, 0.3) is 0 Å². The average molecular weight is 293 g/mol. The minimum absolute atomic E-state index is 0.0786. The zero-order chi connectivity index (χ0) is 14.7. The smallest absolute Gasteiger partial charge is 0.146 e. The molecule has 2 nitrogen and oxygen atoms in total. The van der Waals surface area contributed by atoms with Crippen LogP contribution < -0.4 is 10.6 Å². The molecule has 1 unspecified atom stereocenters. The van der Waals surface area contributed by atoms with Gasteiger partial charge in [-0.15, -0.1) is 0 Å². The Balaban J connectivity index is 2.45. The first-order chi connectivity index (χ1) is 9.54. The highest BCUT2D eigenvalue weighted by molar-refractivity contribution is 6.33. The minimum Gasteiger partial charge on any atom is -0.338 e. The normalized spacial score (nSPS) is 12.2. The summed E-state index contributed by atoms with van der Waals surface area (Å²) >= 11 is 6.33. The molecule has 0 aliphatic carbocycles. The van der Waals surface area contributed by atoms with Gasteiger partial charge in [0.1, 0.15) is 5.82 Å². The number of hydrogen-bond donors (Lipinski definition) is 1. The average Bonchev–Trinajstić information content (AvgIpc) is 2.43. The predicted octanol–water partition coefficient (Wildman–Crippen LogP) is 4.66. The van der Waals surface area contributed by atoms with Gasteiger partial charge in [0.05, 0.1) is 16.4 Å². The van der Waals surface area contributed by atoms with Crippen LogP contribution in [0.5, 0.6) is 0 Å². The summed E-state index contributed by atoms with van der Waals surface area (Å²) in [5.74, 6) is -0.262. The van der Waals surface area contributed by atoms with Crippen molar-refractivity contribution in [1.82, 2.24) is 0 Å². The fourth-order valence-electron chi connectivity index (χ4n) is 2.17. The molecule has 0 heterocycles. The molecule has 2 rings (SSSR count). The van der Waals surface area contributed by atoms with E-state index in [1.165, 1.54) is 6.07 Å². The van der Waals surface area contributed by atoms with Gasteiger partial charge in [-0.05, 0) is 43.7 Å². The lowest BCUT2D eigenvalue weighted by Gasteiger charge is -2.25. The molecule has 20 heavy (non-hydrogen) atoms. The first-order valence-electron chi connectivity index (χ1n) is 6.61. The number of para-hydroxylation sites is 1. The molecule has 2 aromatic rings. The predicted molar refractivity (Wildman–Crippen MR) is 83.1 cm³/mol. The maximum absolute atomic E-state index is 13.9. The zero-order valence-electron chi connectivity index (χ0n) is 11.6. The highest BCUT2D eigenvalue weighted by Crippen LogP contribution is 2.34. The van der Waals surface area contributed by atoms with Crippen molar-refractivity contribution in [1.29, 1.82) is 0 Å². The molecule has 0 aliphatic rings. The Morgan fingerprint density at radius 3 is 2.45 bits per heavy atom. The molecular formula is C16H18ClFN2. The van der Waals surface area contributed by atoms with Gasteiger partial charge < -0.3 is 10.6 Å². The van der Waals surface area contributed by atoms with Gasteiger partial charge in [0.2, 0.25) is 0 Å². The molecular weight excluding hydrogens is 275 g/mol. The van der Waals surface area contributed by atoms with E-state index < -0.39 is 0 Å². The minimum atomic E-state index is -0.262. The third kappa shape index (κ3) is 2.94. The standard InChI is InChI=1S/C16H18ClFN2/c1-3-20(16-7-5-4-6-14(16)18)15-9-8-12(11(2)19)10-13(15)17/h4-11H,3,19H2,1-2H3. The van der Waals surface area contributed by atoms with E-state index >= 15 is 0 Å². The molecule has 1 atom stereocenters. The van der Waals surface area contributed by atoms with Gasteiger partial charge >= 0.3 is 0 Å². The fraction of sp³-hybridized carbons (Fsp3) is 0.250. The molecule has 0 fully saturated rings. The van der Waals surface area contributed by atoms with E-state index in [-0.39, 0.29) is 11.9 Å². The Hall–Kier alpha value is -1.58. The maximum Gasteiger partial charge on any atom is 0.146 e. The van der Waals surface area contributed by atoms with Crippen LogP contribution in [0.3, 0.4) is 0 Å². The SMILES string of the molecule is CCN(c1ccccc1F)c1ccc(C(C)N)cc1Cl. The second-order valence-corrected chi connectivity index (χ2v) is 5.10. The number of nitrogens with zero attached hydrogens (tertiary/aromatic N) is 1. The Labute approximate surface area is 124 Å². The van der Waals surface area contributed by atoms with Crippen LogP contribution >= 0.6 is 11.6 Å². The van der Waals surface area contributed by atoms with Crippen LogP contribution in [0.4, 0.5) is 15.8 Å². The number of nitrogens with two attached hydrogens (primary N) is 1. The van der Waals surface area contributed by atoms with Gasteiger partial charge in [0, 0.05) is 12.6 Å². The third-order valence-corrected chi connectivity index (χ3v) is 3.55. The van der Waals surface area contributed by atoms with E-state index in [1.54, 1.807) is 12.1 Å². The highest BCUT2D eigenvalue weighted by atomic mass is 35.5. The van der Waals surface area contributed by atoms with Crippen LogP contribution in [0, 0.1) is 5.82 Å². The molecule has 0 aliphatic heterocycles. The molecule has 4 heteroatoms. The van der Waals surface area contributed by atoms with Crippen molar-refractivity contribution in [3.05, 3.63) is 58.9 Å². The number of hydrogen-bond acceptors (Lipinski definition) is 2. The lowest BCUT2D eigenvalue weighted by atomic mass is 10.1. The van der Waals surface area contributed by atoms with Crippen LogP contribution in [-0.2, 0) is 0 Å². The molecule has 0 saturated carbocycles. The molecule has 0 aromatic heterocycles. The Morgan fingerprint density at radius 1 is 1.20 bits per heavy atom. The summed E-state index contributed by atoms with van der Waals surface area (Å²) in [5.41, 5.74) is 8.11. The van der Waals surface area contributed by atoms with Gasteiger partial charge in [0.15, 0.2) is 0 Å². The van der Waals surface area contributed by atoms with E-state index in [1.807, 2.05) is 43.0 Å². The Morgan fingerprint density at radius 2 is 1.90 bits per heavy atom. The summed E-state index contributed by atoms with van der Waals surface area (Å²) in [7, 11) is 0. The van der Waals surface area contributed by atoms with E-state index in [0.717, 1.165) is 11.3 Å². The molecule has 0 bridgehead atoms. The van der Waals surface area contributed by atoms with E-state index in [0.29, 0.717) is 17.3 Å². The van der Waals surface area contributed by atoms with Crippen LogP contribution in [0.15, 0.2) is 42.5 Å². The second kappa shape index (κ2) is 6.25. The summed E-state index contributed by atoms with van der Waals surface area (Å²) in [5, 5.41) is 0.574. The lowest BCUT2D eigenvalue weighted by molar-refractivity contribution is 0.625. The van der Waals surface area contributed by atoms with Gasteiger partial charge in [-0.25, -0.2) is 4.39 Å². The zero-order valence-corrected chi connectivity index (χ0v) is 12.4. The largest absolute Gasteiger partial charge is 0.338 e. The summed E-state index contributed by atoms with van der Waals surface area (Å²) < 4.78 is 13.9. The molecule has 0 spiro atoms. The Bertz CT molecular complexity index is 599. The number of anilines is 2. The van der Waals surface area contributed by atoms with Crippen molar-refractivity contribution in [2.45, 2.75) is 19.9 Å². The summed E-state index contributed by atoms with van der Waals surface area (Å²) in [6.07, 6.45) is 0. The number of halogens is 2. The number of benzene rings is 2. The van der Waals surface area contributed by atoms with Crippen molar-refractivity contribution in [3.8, 4) is 0 Å². The summed E-state index contributed by atoms with van der Waals surface area (Å²) in [6, 6.07) is 12.2. The van der Waals surface area contributed by atoms with Crippen molar-refractivity contribution in [2.75, 3.05) is 11.4 Å². The first-order valence-corrected chi connectivity index (χ1v) is 6.99. The van der Waals surface area contributed by atoms with E-state index in [2.05, 4.69) is 0 Å². The van der Waals surface area contributed by atoms with Gasteiger partial charge in [-0.2, -0.15) is 0 Å². The van der Waals surface area contributed by atoms with Crippen molar-refractivity contribution in [3.63, 3.8) is 0 Å². The molecule has 0 amide bonds. The summed E-state index contributed by atoms with van der Waals surface area (Å²) in [6.45, 7) is 4.49. The van der Waals surface area contributed by atoms with Crippen molar-refractivity contribution in [2.24, 2.45) is 5.73 Å². The third-order valence-electron chi connectivity index (χ3n) is 3.25. The first kappa shape index (κ1) is 14.8. The van der Waals surface area contributed by atoms with Gasteiger partial charge in [0.25, 0.3) is 0 Å².